The van der Waals surface area contributed by atoms with Crippen LogP contribution in [0.25, 0.3) is 10.9 Å². The summed E-state index contributed by atoms with van der Waals surface area (Å²) in [5.41, 5.74) is 4.90. The smallest absolute Gasteiger partial charge is 0.295 e. The first kappa shape index (κ1) is 16.5. The maximum absolute atomic E-state index is 11.4. The Bertz CT molecular complexity index is 946. The maximum Gasteiger partial charge on any atom is 0.295 e. The fourth-order valence-corrected chi connectivity index (χ4v) is 2.52. The van der Waals surface area contributed by atoms with Crippen LogP contribution in [-0.4, -0.2) is 29.0 Å². The monoisotopic (exact) mass is 336 g/mol. The van der Waals surface area contributed by atoms with Gasteiger partial charge in [0.1, 0.15) is 16.3 Å². The predicted octanol–water partition coefficient (Wildman–Crippen LogP) is 1.84. The van der Waals surface area contributed by atoms with Crippen molar-refractivity contribution < 1.29 is 22.9 Å². The molecule has 0 bridgehead atoms. The third-order valence-electron chi connectivity index (χ3n) is 2.82. The number of carbonyl (C=O) groups is 1. The topological polar surface area (TPSA) is 155 Å². The van der Waals surface area contributed by atoms with Crippen molar-refractivity contribution in [1.29, 1.82) is 0 Å². The molecule has 0 spiro atoms. The Labute approximate surface area is 130 Å². The summed E-state index contributed by atoms with van der Waals surface area (Å²) in [4.78, 5) is 14.8. The van der Waals surface area contributed by atoms with Crippen molar-refractivity contribution >= 4 is 32.6 Å². The summed E-state index contributed by atoms with van der Waals surface area (Å²) in [5.74, 6) is -1.38. The molecule has 0 aliphatic rings. The van der Waals surface area contributed by atoms with E-state index in [4.69, 9.17) is 5.73 Å². The molecule has 23 heavy (non-hydrogen) atoms. The molecule has 4 N–H and O–H groups in total. The van der Waals surface area contributed by atoms with E-state index in [1.54, 1.807) is 0 Å². The molecule has 2 rings (SSSR count). The summed E-state index contributed by atoms with van der Waals surface area (Å²) in [6, 6.07) is 5.32. The minimum absolute atomic E-state index is 0.132. The second-order valence-corrected chi connectivity index (χ2v) is 5.85. The minimum Gasteiger partial charge on any atom is -0.510 e. The van der Waals surface area contributed by atoms with Crippen LogP contribution in [0.3, 0.4) is 0 Å². The van der Waals surface area contributed by atoms with Crippen LogP contribution in [0.4, 0.5) is 5.69 Å². The number of rotatable bonds is 4. The Hall–Kier alpha value is -2.85. The van der Waals surface area contributed by atoms with Crippen molar-refractivity contribution in [2.24, 2.45) is 16.0 Å². The Morgan fingerprint density at radius 3 is 2.57 bits per heavy atom. The number of azo groups is 1. The SMILES string of the molecule is CC(O)=C(N=Nc1ccc(S(=O)(=O)O)c2cccnc12)C(N)=O. The predicted molar refractivity (Wildman–Crippen MR) is 80.6 cm³/mol. The van der Waals surface area contributed by atoms with Gasteiger partial charge in [-0.2, -0.15) is 8.42 Å². The number of fused-ring (bicyclic) bond motifs is 1. The largest absolute Gasteiger partial charge is 0.510 e. The number of hydrogen-bond acceptors (Lipinski definition) is 7. The molecule has 10 heteroatoms. The van der Waals surface area contributed by atoms with E-state index in [0.717, 1.165) is 6.07 Å². The van der Waals surface area contributed by atoms with E-state index < -0.39 is 27.5 Å². The zero-order valence-corrected chi connectivity index (χ0v) is 12.6. The molecule has 1 aromatic carbocycles. The van der Waals surface area contributed by atoms with Crippen LogP contribution in [0.15, 0.2) is 57.0 Å². The third kappa shape index (κ3) is 3.49. The second-order valence-electron chi connectivity index (χ2n) is 4.46. The van der Waals surface area contributed by atoms with Gasteiger partial charge in [-0.25, -0.2) is 0 Å². The first-order chi connectivity index (χ1) is 10.7. The number of carbonyl (C=O) groups excluding carboxylic acids is 1. The van der Waals surface area contributed by atoms with Crippen LogP contribution < -0.4 is 5.73 Å². The molecule has 1 aromatic heterocycles. The molecule has 0 atom stereocenters. The molecule has 0 aliphatic carbocycles. The van der Waals surface area contributed by atoms with Gasteiger partial charge in [0.15, 0.2) is 5.70 Å². The van der Waals surface area contributed by atoms with Gasteiger partial charge in [0.05, 0.1) is 5.52 Å². The lowest BCUT2D eigenvalue weighted by molar-refractivity contribution is -0.114. The fraction of sp³-hybridized carbons (Fsp3) is 0.0769. The highest BCUT2D eigenvalue weighted by Crippen LogP contribution is 2.30. The lowest BCUT2D eigenvalue weighted by Gasteiger charge is -2.05. The number of hydrogen-bond donors (Lipinski definition) is 3. The molecule has 0 saturated carbocycles. The number of aliphatic hydroxyl groups is 1. The molecule has 0 unspecified atom stereocenters. The van der Waals surface area contributed by atoms with Gasteiger partial charge < -0.3 is 10.8 Å². The van der Waals surface area contributed by atoms with Gasteiger partial charge in [-0.1, -0.05) is 0 Å². The summed E-state index contributed by atoms with van der Waals surface area (Å²) >= 11 is 0. The molecule has 2 aromatic rings. The fourth-order valence-electron chi connectivity index (χ4n) is 1.84. The number of benzene rings is 1. The number of allylic oxidation sites excluding steroid dienone is 1. The summed E-state index contributed by atoms with van der Waals surface area (Å²) in [7, 11) is -4.44. The van der Waals surface area contributed by atoms with Gasteiger partial charge in [0, 0.05) is 11.6 Å². The normalized spacial score (nSPS) is 13.3. The third-order valence-corrected chi connectivity index (χ3v) is 3.73. The Balaban J connectivity index is 2.66. The summed E-state index contributed by atoms with van der Waals surface area (Å²) in [6.45, 7) is 1.22. The van der Waals surface area contributed by atoms with Crippen molar-refractivity contribution in [3.05, 3.63) is 41.9 Å². The molecular formula is C13H12N4O5S. The zero-order chi connectivity index (χ0) is 17.2. The molecule has 0 saturated heterocycles. The molecule has 120 valence electrons. The lowest BCUT2D eigenvalue weighted by atomic mass is 10.2. The number of amides is 1. The highest BCUT2D eigenvalue weighted by molar-refractivity contribution is 7.86. The van der Waals surface area contributed by atoms with Crippen LogP contribution >= 0.6 is 0 Å². The molecule has 1 amide bonds. The van der Waals surface area contributed by atoms with E-state index in [1.807, 2.05) is 0 Å². The van der Waals surface area contributed by atoms with Gasteiger partial charge >= 0.3 is 0 Å². The van der Waals surface area contributed by atoms with Crippen molar-refractivity contribution in [2.75, 3.05) is 0 Å². The standard InChI is InChI=1S/C13H12N4O5S/c1-7(18)11(13(14)19)17-16-9-4-5-10(23(20,21)22)8-3-2-6-15-12(8)9/h2-6,18H,1H3,(H2,14,19)(H,20,21,22). The van der Waals surface area contributed by atoms with E-state index in [0.29, 0.717) is 0 Å². The van der Waals surface area contributed by atoms with Crippen LogP contribution in [0, 0.1) is 0 Å². The number of nitrogens with two attached hydrogens (primary N) is 1. The van der Waals surface area contributed by atoms with Gasteiger partial charge in [-0.15, -0.1) is 10.2 Å². The quantitative estimate of drug-likeness (QED) is 0.335. The van der Waals surface area contributed by atoms with Gasteiger partial charge in [0.2, 0.25) is 0 Å². The van der Waals surface area contributed by atoms with Gasteiger partial charge in [-0.3, -0.25) is 14.3 Å². The summed E-state index contributed by atoms with van der Waals surface area (Å²) in [6.07, 6.45) is 1.40. The molecule has 0 fully saturated rings. The van der Waals surface area contributed by atoms with Crippen LogP contribution in [0.5, 0.6) is 0 Å². The average Bonchev–Trinajstić information content (AvgIpc) is 2.45. The van der Waals surface area contributed by atoms with Crippen molar-refractivity contribution in [3.8, 4) is 0 Å². The van der Waals surface area contributed by atoms with E-state index in [9.17, 15) is 22.9 Å². The van der Waals surface area contributed by atoms with Gasteiger partial charge in [0.25, 0.3) is 16.0 Å². The Morgan fingerprint density at radius 1 is 1.30 bits per heavy atom. The highest BCUT2D eigenvalue weighted by atomic mass is 32.2. The highest BCUT2D eigenvalue weighted by Gasteiger charge is 2.16. The van der Waals surface area contributed by atoms with Crippen LogP contribution in [-0.2, 0) is 14.9 Å². The first-order valence-electron chi connectivity index (χ1n) is 6.18. The van der Waals surface area contributed by atoms with Gasteiger partial charge in [-0.05, 0) is 31.2 Å². The zero-order valence-electron chi connectivity index (χ0n) is 11.8. The second kappa shape index (κ2) is 6.10. The van der Waals surface area contributed by atoms with Crippen LogP contribution in [0.1, 0.15) is 6.92 Å². The first-order valence-corrected chi connectivity index (χ1v) is 7.62. The minimum atomic E-state index is -4.44. The maximum atomic E-state index is 11.4. The Kier molecular flexibility index (Phi) is 4.38. The number of primary amides is 1. The van der Waals surface area contributed by atoms with E-state index >= 15 is 0 Å². The lowest BCUT2D eigenvalue weighted by Crippen LogP contribution is -2.13. The molecular weight excluding hydrogens is 324 g/mol. The molecule has 9 nitrogen and oxygen atoms in total. The van der Waals surface area contributed by atoms with Crippen molar-refractivity contribution in [3.63, 3.8) is 0 Å². The summed E-state index contributed by atoms with van der Waals surface area (Å²) in [5, 5.41) is 16.8. The number of aromatic nitrogens is 1. The van der Waals surface area contributed by atoms with E-state index in [1.165, 1.54) is 31.3 Å². The molecule has 1 heterocycles. The van der Waals surface area contributed by atoms with Crippen LogP contribution in [0.2, 0.25) is 0 Å². The number of pyridine rings is 1. The number of aliphatic hydroxyl groups excluding tert-OH is 1. The van der Waals surface area contributed by atoms with Crippen molar-refractivity contribution in [2.45, 2.75) is 11.8 Å². The van der Waals surface area contributed by atoms with E-state index in [-0.39, 0.29) is 21.5 Å². The molecule has 0 radical (unpaired) electrons. The average molecular weight is 336 g/mol. The van der Waals surface area contributed by atoms with E-state index in [2.05, 4.69) is 15.2 Å². The number of nitrogens with zero attached hydrogens (tertiary/aromatic N) is 3. The summed E-state index contributed by atoms with van der Waals surface area (Å²) < 4.78 is 32.0. The van der Waals surface area contributed by atoms with Crippen molar-refractivity contribution in [1.82, 2.24) is 4.98 Å². The Morgan fingerprint density at radius 2 is 2.00 bits per heavy atom. The molecule has 0 aliphatic heterocycles.